The summed E-state index contributed by atoms with van der Waals surface area (Å²) in [6.07, 6.45) is 0.875. The number of nitrogens with zero attached hydrogens (tertiary/aromatic N) is 3. The molecule has 1 N–H and O–H groups in total. The van der Waals surface area contributed by atoms with E-state index in [9.17, 15) is 9.59 Å². The third kappa shape index (κ3) is 5.06. The van der Waals surface area contributed by atoms with Crippen LogP contribution in [0.3, 0.4) is 0 Å². The molecule has 2 aromatic carbocycles. The van der Waals surface area contributed by atoms with Gasteiger partial charge in [-0.15, -0.1) is 11.3 Å². The second-order valence-electron chi connectivity index (χ2n) is 7.93. The molecule has 2 heterocycles. The lowest BCUT2D eigenvalue weighted by molar-refractivity contribution is -0.117. The minimum atomic E-state index is -0.0171. The highest BCUT2D eigenvalue weighted by atomic mass is 32.1. The molecule has 1 aliphatic heterocycles. The fourth-order valence-electron chi connectivity index (χ4n) is 3.90. The number of carbonyl (C=O) groups excluding carboxylic acids is 2. The van der Waals surface area contributed by atoms with Crippen LogP contribution in [-0.4, -0.2) is 59.3 Å². The van der Waals surface area contributed by atoms with Crippen molar-refractivity contribution in [2.24, 2.45) is 0 Å². The van der Waals surface area contributed by atoms with Gasteiger partial charge in [0.15, 0.2) is 0 Å². The van der Waals surface area contributed by atoms with E-state index < -0.39 is 0 Å². The van der Waals surface area contributed by atoms with E-state index in [0.29, 0.717) is 37.6 Å². The molecule has 4 rings (SSSR count). The predicted molar refractivity (Wildman–Crippen MR) is 129 cm³/mol. The van der Waals surface area contributed by atoms with Gasteiger partial charge in [-0.2, -0.15) is 0 Å². The van der Waals surface area contributed by atoms with Crippen molar-refractivity contribution in [3.63, 3.8) is 0 Å². The Morgan fingerprint density at radius 3 is 2.41 bits per heavy atom. The zero-order valence-corrected chi connectivity index (χ0v) is 19.3. The highest BCUT2D eigenvalue weighted by molar-refractivity contribution is 7.17. The van der Waals surface area contributed by atoms with Gasteiger partial charge < -0.3 is 10.2 Å². The van der Waals surface area contributed by atoms with Crippen LogP contribution in [0.15, 0.2) is 54.6 Å². The van der Waals surface area contributed by atoms with Gasteiger partial charge in [-0.1, -0.05) is 55.5 Å². The monoisotopic (exact) mass is 448 g/mol. The minimum absolute atomic E-state index is 0.0171. The average molecular weight is 449 g/mol. The number of benzene rings is 2. The van der Waals surface area contributed by atoms with Gasteiger partial charge in [-0.25, -0.2) is 4.98 Å². The number of carbonyl (C=O) groups is 2. The first-order chi connectivity index (χ1) is 15.5. The number of rotatable bonds is 6. The molecule has 166 valence electrons. The topological polar surface area (TPSA) is 65.5 Å². The Labute approximate surface area is 192 Å². The summed E-state index contributed by atoms with van der Waals surface area (Å²) in [6.45, 7) is 6.87. The number of anilines is 1. The van der Waals surface area contributed by atoms with Gasteiger partial charge in [0.05, 0.1) is 12.2 Å². The van der Waals surface area contributed by atoms with Crippen LogP contribution in [0, 0.1) is 6.92 Å². The first-order valence-corrected chi connectivity index (χ1v) is 11.8. The SMILES string of the molecule is CCc1ccccc1NC(=O)CN1CCN(C(=O)c2sc(-c3ccccc3)nc2C)CC1. The fraction of sp³-hybridized carbons (Fsp3) is 0.320. The van der Waals surface area contributed by atoms with Gasteiger partial charge in [0.2, 0.25) is 5.91 Å². The van der Waals surface area contributed by atoms with E-state index in [1.165, 1.54) is 11.3 Å². The van der Waals surface area contributed by atoms with E-state index in [1.807, 2.05) is 66.4 Å². The minimum Gasteiger partial charge on any atom is -0.335 e. The normalized spacial score (nSPS) is 14.4. The van der Waals surface area contributed by atoms with Crippen molar-refractivity contribution in [2.75, 3.05) is 38.0 Å². The van der Waals surface area contributed by atoms with Crippen molar-refractivity contribution < 1.29 is 9.59 Å². The number of hydrogen-bond acceptors (Lipinski definition) is 5. The van der Waals surface area contributed by atoms with Crippen molar-refractivity contribution in [1.82, 2.24) is 14.8 Å². The van der Waals surface area contributed by atoms with Crippen molar-refractivity contribution in [2.45, 2.75) is 20.3 Å². The second kappa shape index (κ2) is 10.1. The molecule has 2 amide bonds. The molecular formula is C25H28N4O2S. The Balaban J connectivity index is 1.32. The third-order valence-electron chi connectivity index (χ3n) is 5.71. The second-order valence-corrected chi connectivity index (χ2v) is 8.93. The van der Waals surface area contributed by atoms with E-state index in [2.05, 4.69) is 22.1 Å². The van der Waals surface area contributed by atoms with E-state index in [4.69, 9.17) is 0 Å². The quantitative estimate of drug-likeness (QED) is 0.617. The largest absolute Gasteiger partial charge is 0.335 e. The number of nitrogens with one attached hydrogen (secondary N) is 1. The van der Waals surface area contributed by atoms with E-state index >= 15 is 0 Å². The fourth-order valence-corrected chi connectivity index (χ4v) is 4.93. The van der Waals surface area contributed by atoms with Crippen LogP contribution in [0.4, 0.5) is 5.69 Å². The maximum absolute atomic E-state index is 13.1. The number of aryl methyl sites for hydroxylation is 2. The molecule has 6 nitrogen and oxygen atoms in total. The third-order valence-corrected chi connectivity index (χ3v) is 6.91. The summed E-state index contributed by atoms with van der Waals surface area (Å²) < 4.78 is 0. The van der Waals surface area contributed by atoms with Crippen LogP contribution in [0.1, 0.15) is 27.9 Å². The van der Waals surface area contributed by atoms with Crippen molar-refractivity contribution in [3.8, 4) is 10.6 Å². The number of para-hydroxylation sites is 1. The standard InChI is InChI=1S/C25H28N4O2S/c1-3-19-9-7-8-12-21(19)27-22(30)17-28-13-15-29(16-14-28)25(31)23-18(2)26-24(32-23)20-10-5-4-6-11-20/h4-12H,3,13-17H2,1-2H3,(H,27,30). The highest BCUT2D eigenvalue weighted by Gasteiger charge is 2.26. The Morgan fingerprint density at radius 2 is 1.69 bits per heavy atom. The van der Waals surface area contributed by atoms with E-state index in [-0.39, 0.29) is 11.8 Å². The van der Waals surface area contributed by atoms with E-state index in [0.717, 1.165) is 33.9 Å². The van der Waals surface area contributed by atoms with Gasteiger partial charge in [-0.05, 0) is 25.0 Å². The lowest BCUT2D eigenvalue weighted by Gasteiger charge is -2.34. The number of aromatic nitrogens is 1. The Kier molecular flexibility index (Phi) is 6.97. The van der Waals surface area contributed by atoms with Crippen molar-refractivity contribution >= 4 is 28.8 Å². The molecule has 0 aliphatic carbocycles. The summed E-state index contributed by atoms with van der Waals surface area (Å²) >= 11 is 1.45. The molecule has 32 heavy (non-hydrogen) atoms. The first-order valence-electron chi connectivity index (χ1n) is 11.0. The van der Waals surface area contributed by atoms with Gasteiger partial charge in [0, 0.05) is 37.4 Å². The van der Waals surface area contributed by atoms with Gasteiger partial charge in [0.1, 0.15) is 9.88 Å². The molecule has 1 saturated heterocycles. The number of amides is 2. The van der Waals surface area contributed by atoms with Crippen LogP contribution in [0.25, 0.3) is 10.6 Å². The van der Waals surface area contributed by atoms with Crippen molar-refractivity contribution in [3.05, 3.63) is 70.7 Å². The maximum Gasteiger partial charge on any atom is 0.265 e. The van der Waals surface area contributed by atoms with Crippen LogP contribution in [0.2, 0.25) is 0 Å². The highest BCUT2D eigenvalue weighted by Crippen LogP contribution is 2.29. The number of hydrogen-bond donors (Lipinski definition) is 1. The smallest absolute Gasteiger partial charge is 0.265 e. The number of thiazole rings is 1. The molecular weight excluding hydrogens is 420 g/mol. The molecule has 0 atom stereocenters. The average Bonchev–Trinajstić information content (AvgIpc) is 3.21. The molecule has 7 heteroatoms. The van der Waals surface area contributed by atoms with Crippen LogP contribution in [-0.2, 0) is 11.2 Å². The molecule has 0 spiro atoms. The van der Waals surface area contributed by atoms with Crippen molar-refractivity contribution in [1.29, 1.82) is 0 Å². The zero-order chi connectivity index (χ0) is 22.5. The van der Waals surface area contributed by atoms with Crippen LogP contribution < -0.4 is 5.32 Å². The zero-order valence-electron chi connectivity index (χ0n) is 18.5. The van der Waals surface area contributed by atoms with Gasteiger partial charge in [0.25, 0.3) is 5.91 Å². The summed E-state index contributed by atoms with van der Waals surface area (Å²) in [5.41, 5.74) is 3.81. The van der Waals surface area contributed by atoms with E-state index in [1.54, 1.807) is 0 Å². The maximum atomic E-state index is 13.1. The van der Waals surface area contributed by atoms with Crippen LogP contribution in [0.5, 0.6) is 0 Å². The Hall–Kier alpha value is -3.03. The summed E-state index contributed by atoms with van der Waals surface area (Å²) in [5.74, 6) is 0.0136. The molecule has 0 saturated carbocycles. The Morgan fingerprint density at radius 1 is 1.00 bits per heavy atom. The molecule has 1 aromatic heterocycles. The molecule has 1 fully saturated rings. The summed E-state index contributed by atoms with van der Waals surface area (Å²) in [6, 6.07) is 17.8. The van der Waals surface area contributed by atoms with Gasteiger partial charge in [-0.3, -0.25) is 14.5 Å². The Bertz CT molecular complexity index is 1090. The lowest BCUT2D eigenvalue weighted by atomic mass is 10.1. The molecule has 0 bridgehead atoms. The van der Waals surface area contributed by atoms with Crippen LogP contribution >= 0.6 is 11.3 Å². The summed E-state index contributed by atoms with van der Waals surface area (Å²) in [7, 11) is 0. The van der Waals surface area contributed by atoms with Gasteiger partial charge >= 0.3 is 0 Å². The molecule has 0 unspecified atom stereocenters. The summed E-state index contributed by atoms with van der Waals surface area (Å²) in [5, 5.41) is 3.90. The molecule has 1 aliphatic rings. The first kappa shape index (κ1) is 22.2. The molecule has 3 aromatic rings. The molecule has 0 radical (unpaired) electrons. The lowest BCUT2D eigenvalue weighted by Crippen LogP contribution is -2.50. The predicted octanol–water partition coefficient (Wildman–Crippen LogP) is 4.08. The summed E-state index contributed by atoms with van der Waals surface area (Å²) in [4.78, 5) is 34.9. The number of piperazine rings is 1.